The zero-order chi connectivity index (χ0) is 22.6. The van der Waals surface area contributed by atoms with Crippen molar-refractivity contribution in [1.29, 1.82) is 0 Å². The van der Waals surface area contributed by atoms with Gasteiger partial charge in [-0.2, -0.15) is 0 Å². The molecular weight excluding hydrogens is 404 g/mol. The van der Waals surface area contributed by atoms with E-state index in [1.165, 1.54) is 0 Å². The van der Waals surface area contributed by atoms with Gasteiger partial charge in [-0.05, 0) is 49.9 Å². The Hall–Kier alpha value is -3.22. The standard InChI is InChI=1S/C25H34N4O3/c1-3-26-24(28-22-14-16-29(17-15-22)25(30)31-4-2)27-18-20-10-8-9-11-21(20)19-32-23-12-6-5-7-13-23/h5-13,22H,3-4,14-19H2,1-2H3,(H2,26,27,28). The molecule has 2 N–H and O–H groups in total. The first-order valence-corrected chi connectivity index (χ1v) is 11.4. The predicted octanol–water partition coefficient (Wildman–Crippen LogP) is 3.94. The number of guanidine groups is 1. The summed E-state index contributed by atoms with van der Waals surface area (Å²) >= 11 is 0. The lowest BCUT2D eigenvalue weighted by atomic mass is 10.1. The van der Waals surface area contributed by atoms with Gasteiger partial charge in [0.1, 0.15) is 12.4 Å². The van der Waals surface area contributed by atoms with Gasteiger partial charge in [-0.15, -0.1) is 0 Å². The summed E-state index contributed by atoms with van der Waals surface area (Å²) in [5.74, 6) is 1.65. The Bertz CT molecular complexity index is 865. The van der Waals surface area contributed by atoms with Gasteiger partial charge in [-0.3, -0.25) is 0 Å². The number of hydrogen-bond donors (Lipinski definition) is 2. The van der Waals surface area contributed by atoms with Crippen LogP contribution in [0.1, 0.15) is 37.8 Å². The average molecular weight is 439 g/mol. The van der Waals surface area contributed by atoms with Crippen LogP contribution >= 0.6 is 0 Å². The van der Waals surface area contributed by atoms with Gasteiger partial charge < -0.3 is 25.0 Å². The van der Waals surface area contributed by atoms with Crippen LogP contribution in [-0.2, 0) is 17.9 Å². The second kappa shape index (κ2) is 12.6. The largest absolute Gasteiger partial charge is 0.489 e. The van der Waals surface area contributed by atoms with Gasteiger partial charge in [0.2, 0.25) is 0 Å². The molecule has 1 aliphatic rings. The van der Waals surface area contributed by atoms with Crippen LogP contribution in [0, 0.1) is 0 Å². The normalized spacial score (nSPS) is 14.7. The molecule has 1 aliphatic heterocycles. The predicted molar refractivity (Wildman–Crippen MR) is 127 cm³/mol. The summed E-state index contributed by atoms with van der Waals surface area (Å²) in [7, 11) is 0. The van der Waals surface area contributed by atoms with E-state index in [0.717, 1.165) is 42.2 Å². The Morgan fingerprint density at radius 3 is 2.41 bits per heavy atom. The maximum atomic E-state index is 11.9. The summed E-state index contributed by atoms with van der Waals surface area (Å²) in [4.78, 5) is 18.5. The Balaban J connectivity index is 1.57. The number of likely N-dealkylation sites (tertiary alicyclic amines) is 1. The highest BCUT2D eigenvalue weighted by atomic mass is 16.6. The number of para-hydroxylation sites is 1. The molecule has 1 saturated heterocycles. The van der Waals surface area contributed by atoms with Crippen molar-refractivity contribution >= 4 is 12.1 Å². The lowest BCUT2D eigenvalue weighted by molar-refractivity contribution is 0.0963. The Labute approximate surface area is 190 Å². The number of nitrogens with one attached hydrogen (secondary N) is 2. The molecule has 0 aliphatic carbocycles. The number of amides is 1. The summed E-state index contributed by atoms with van der Waals surface area (Å²) in [5.41, 5.74) is 2.26. The van der Waals surface area contributed by atoms with Gasteiger partial charge in [0, 0.05) is 25.7 Å². The molecule has 0 unspecified atom stereocenters. The minimum Gasteiger partial charge on any atom is -0.489 e. The van der Waals surface area contributed by atoms with E-state index in [0.29, 0.717) is 32.8 Å². The van der Waals surface area contributed by atoms with Crippen LogP contribution < -0.4 is 15.4 Å². The maximum absolute atomic E-state index is 11.9. The first-order chi connectivity index (χ1) is 15.7. The molecule has 1 amide bonds. The van der Waals surface area contributed by atoms with E-state index in [4.69, 9.17) is 14.5 Å². The molecule has 0 atom stereocenters. The van der Waals surface area contributed by atoms with Gasteiger partial charge in [-0.1, -0.05) is 42.5 Å². The summed E-state index contributed by atoms with van der Waals surface area (Å²) in [5, 5.41) is 6.86. The molecule has 172 valence electrons. The Morgan fingerprint density at radius 2 is 1.72 bits per heavy atom. The highest BCUT2D eigenvalue weighted by Gasteiger charge is 2.24. The zero-order valence-corrected chi connectivity index (χ0v) is 19.0. The summed E-state index contributed by atoms with van der Waals surface area (Å²) in [6, 6.07) is 18.3. The Morgan fingerprint density at radius 1 is 1.03 bits per heavy atom. The van der Waals surface area contributed by atoms with E-state index in [-0.39, 0.29) is 12.1 Å². The molecule has 32 heavy (non-hydrogen) atoms. The van der Waals surface area contributed by atoms with Gasteiger partial charge in [0.05, 0.1) is 13.2 Å². The van der Waals surface area contributed by atoms with Crippen molar-refractivity contribution in [2.75, 3.05) is 26.2 Å². The van der Waals surface area contributed by atoms with E-state index in [9.17, 15) is 4.79 Å². The number of ether oxygens (including phenoxy) is 2. The van der Waals surface area contributed by atoms with Crippen LogP contribution in [0.15, 0.2) is 59.6 Å². The maximum Gasteiger partial charge on any atom is 0.409 e. The second-order valence-electron chi connectivity index (χ2n) is 7.67. The highest BCUT2D eigenvalue weighted by molar-refractivity contribution is 5.80. The third kappa shape index (κ3) is 7.18. The fourth-order valence-corrected chi connectivity index (χ4v) is 3.63. The third-order valence-electron chi connectivity index (χ3n) is 5.37. The van der Waals surface area contributed by atoms with Crippen LogP contribution in [0.5, 0.6) is 5.75 Å². The average Bonchev–Trinajstić information content (AvgIpc) is 2.83. The van der Waals surface area contributed by atoms with Crippen molar-refractivity contribution in [2.24, 2.45) is 4.99 Å². The van der Waals surface area contributed by atoms with Gasteiger partial charge >= 0.3 is 6.09 Å². The van der Waals surface area contributed by atoms with Crippen molar-refractivity contribution < 1.29 is 14.3 Å². The first kappa shape index (κ1) is 23.4. The smallest absolute Gasteiger partial charge is 0.409 e. The van der Waals surface area contributed by atoms with Gasteiger partial charge in [0.15, 0.2) is 5.96 Å². The number of rotatable bonds is 8. The topological polar surface area (TPSA) is 75.2 Å². The zero-order valence-electron chi connectivity index (χ0n) is 19.0. The number of hydrogen-bond acceptors (Lipinski definition) is 4. The quantitative estimate of drug-likeness (QED) is 0.482. The SMILES string of the molecule is CCNC(=NCc1ccccc1COc1ccccc1)NC1CCN(C(=O)OCC)CC1. The molecule has 0 aromatic heterocycles. The molecule has 0 spiro atoms. The molecule has 0 bridgehead atoms. The van der Waals surface area contributed by atoms with Gasteiger partial charge in [-0.25, -0.2) is 9.79 Å². The fourth-order valence-electron chi connectivity index (χ4n) is 3.63. The van der Waals surface area contributed by atoms with Crippen LogP contribution in [-0.4, -0.2) is 49.2 Å². The summed E-state index contributed by atoms with van der Waals surface area (Å²) in [6.45, 7) is 7.53. The molecule has 0 saturated carbocycles. The molecular formula is C25H34N4O3. The minimum absolute atomic E-state index is 0.221. The van der Waals surface area contributed by atoms with E-state index in [2.05, 4.69) is 29.7 Å². The lowest BCUT2D eigenvalue weighted by Crippen LogP contribution is -2.49. The summed E-state index contributed by atoms with van der Waals surface area (Å²) in [6.07, 6.45) is 1.51. The van der Waals surface area contributed by atoms with Crippen molar-refractivity contribution in [3.63, 3.8) is 0 Å². The molecule has 0 radical (unpaired) electrons. The van der Waals surface area contributed by atoms with Crippen LogP contribution in [0.25, 0.3) is 0 Å². The molecule has 2 aromatic carbocycles. The third-order valence-corrected chi connectivity index (χ3v) is 5.37. The molecule has 7 nitrogen and oxygen atoms in total. The molecule has 3 rings (SSSR count). The van der Waals surface area contributed by atoms with E-state index in [1.807, 2.05) is 49.4 Å². The first-order valence-electron chi connectivity index (χ1n) is 11.4. The monoisotopic (exact) mass is 438 g/mol. The van der Waals surface area contributed by atoms with Crippen molar-refractivity contribution in [3.8, 4) is 5.75 Å². The number of benzene rings is 2. The number of carbonyl (C=O) groups is 1. The lowest BCUT2D eigenvalue weighted by Gasteiger charge is -2.32. The van der Waals surface area contributed by atoms with E-state index < -0.39 is 0 Å². The fraction of sp³-hybridized carbons (Fsp3) is 0.440. The van der Waals surface area contributed by atoms with E-state index in [1.54, 1.807) is 4.90 Å². The van der Waals surface area contributed by atoms with Crippen molar-refractivity contribution in [2.45, 2.75) is 45.9 Å². The van der Waals surface area contributed by atoms with Crippen molar-refractivity contribution in [3.05, 3.63) is 65.7 Å². The Kier molecular flexibility index (Phi) is 9.22. The minimum atomic E-state index is -0.221. The van der Waals surface area contributed by atoms with Crippen LogP contribution in [0.2, 0.25) is 0 Å². The summed E-state index contributed by atoms with van der Waals surface area (Å²) < 4.78 is 11.0. The number of piperidine rings is 1. The van der Waals surface area contributed by atoms with Gasteiger partial charge in [0.25, 0.3) is 0 Å². The van der Waals surface area contributed by atoms with Crippen LogP contribution in [0.4, 0.5) is 4.79 Å². The second-order valence-corrected chi connectivity index (χ2v) is 7.67. The number of nitrogens with zero attached hydrogens (tertiary/aromatic N) is 2. The van der Waals surface area contributed by atoms with E-state index >= 15 is 0 Å². The molecule has 7 heteroatoms. The molecule has 1 fully saturated rings. The molecule has 1 heterocycles. The number of carbonyl (C=O) groups excluding carboxylic acids is 1. The van der Waals surface area contributed by atoms with Crippen molar-refractivity contribution in [1.82, 2.24) is 15.5 Å². The molecule has 2 aromatic rings. The highest BCUT2D eigenvalue weighted by Crippen LogP contribution is 2.16. The number of aliphatic imine (C=N–C) groups is 1. The van der Waals surface area contributed by atoms with Crippen LogP contribution in [0.3, 0.4) is 0 Å².